The summed E-state index contributed by atoms with van der Waals surface area (Å²) in [7, 11) is 1.71. The van der Waals surface area contributed by atoms with Gasteiger partial charge >= 0.3 is 0 Å². The van der Waals surface area contributed by atoms with Gasteiger partial charge in [-0.1, -0.05) is 30.3 Å². The molecule has 1 aromatic heterocycles. The van der Waals surface area contributed by atoms with Gasteiger partial charge in [0.15, 0.2) is 5.96 Å². The SMILES string of the molecule is CCNC(=NCc1ncc(C)c(OC)c1C)N1CCC(COCc2ccccc2)C1.I. The summed E-state index contributed by atoms with van der Waals surface area (Å²) in [5.74, 6) is 2.37. The van der Waals surface area contributed by atoms with E-state index in [4.69, 9.17) is 14.5 Å². The maximum atomic E-state index is 5.96. The van der Waals surface area contributed by atoms with Gasteiger partial charge in [-0.2, -0.15) is 0 Å². The van der Waals surface area contributed by atoms with Crippen LogP contribution in [0.3, 0.4) is 0 Å². The second kappa shape index (κ2) is 12.9. The summed E-state index contributed by atoms with van der Waals surface area (Å²) in [5.41, 5.74) is 4.28. The van der Waals surface area contributed by atoms with Gasteiger partial charge in [-0.15, -0.1) is 24.0 Å². The predicted molar refractivity (Wildman–Crippen MR) is 136 cm³/mol. The van der Waals surface area contributed by atoms with Crippen LogP contribution in [0, 0.1) is 19.8 Å². The molecule has 170 valence electrons. The van der Waals surface area contributed by atoms with E-state index in [1.165, 1.54) is 5.56 Å². The maximum absolute atomic E-state index is 5.96. The van der Waals surface area contributed by atoms with Crippen LogP contribution in [0.1, 0.15) is 35.7 Å². The third-order valence-electron chi connectivity index (χ3n) is 5.51. The number of nitrogens with zero attached hydrogens (tertiary/aromatic N) is 3. The quantitative estimate of drug-likeness (QED) is 0.308. The van der Waals surface area contributed by atoms with Crippen LogP contribution in [0.5, 0.6) is 5.75 Å². The number of hydrogen-bond acceptors (Lipinski definition) is 4. The zero-order valence-electron chi connectivity index (χ0n) is 19.1. The fraction of sp³-hybridized carbons (Fsp3) is 0.500. The van der Waals surface area contributed by atoms with Crippen molar-refractivity contribution in [2.45, 2.75) is 40.3 Å². The van der Waals surface area contributed by atoms with Crippen molar-refractivity contribution in [1.82, 2.24) is 15.2 Å². The van der Waals surface area contributed by atoms with Crippen molar-refractivity contribution in [3.8, 4) is 5.75 Å². The molecule has 3 rings (SSSR count). The molecule has 0 amide bonds. The lowest BCUT2D eigenvalue weighted by atomic mass is 10.1. The van der Waals surface area contributed by atoms with E-state index < -0.39 is 0 Å². The molecule has 0 saturated carbocycles. The number of pyridine rings is 1. The van der Waals surface area contributed by atoms with Crippen LogP contribution in [0.15, 0.2) is 41.5 Å². The minimum atomic E-state index is 0. The summed E-state index contributed by atoms with van der Waals surface area (Å²) in [6.07, 6.45) is 2.98. The van der Waals surface area contributed by atoms with Gasteiger partial charge in [0.25, 0.3) is 0 Å². The Bertz CT molecular complexity index is 845. The highest BCUT2D eigenvalue weighted by molar-refractivity contribution is 14.0. The molecular weight excluding hydrogens is 503 g/mol. The van der Waals surface area contributed by atoms with Gasteiger partial charge in [-0.05, 0) is 32.8 Å². The first-order valence-corrected chi connectivity index (χ1v) is 10.8. The molecule has 0 aliphatic carbocycles. The molecule has 2 heterocycles. The average molecular weight is 538 g/mol. The fourth-order valence-electron chi connectivity index (χ4n) is 3.88. The lowest BCUT2D eigenvalue weighted by molar-refractivity contribution is 0.0906. The van der Waals surface area contributed by atoms with E-state index in [1.54, 1.807) is 7.11 Å². The lowest BCUT2D eigenvalue weighted by Gasteiger charge is -2.22. The summed E-state index contributed by atoms with van der Waals surface area (Å²) in [4.78, 5) is 11.8. The van der Waals surface area contributed by atoms with E-state index in [-0.39, 0.29) is 24.0 Å². The topological polar surface area (TPSA) is 59.0 Å². The molecule has 0 bridgehead atoms. The zero-order valence-corrected chi connectivity index (χ0v) is 21.4. The number of nitrogens with one attached hydrogen (secondary N) is 1. The van der Waals surface area contributed by atoms with E-state index in [2.05, 4.69) is 46.4 Å². The number of halogens is 1. The number of guanidine groups is 1. The monoisotopic (exact) mass is 538 g/mol. The Morgan fingerprint density at radius 3 is 2.74 bits per heavy atom. The molecule has 1 saturated heterocycles. The van der Waals surface area contributed by atoms with Crippen molar-refractivity contribution >= 4 is 29.9 Å². The van der Waals surface area contributed by atoms with Crippen LogP contribution in [-0.4, -0.2) is 49.2 Å². The molecule has 1 atom stereocenters. The van der Waals surface area contributed by atoms with Gasteiger partial charge in [0.1, 0.15) is 5.75 Å². The molecule has 1 aliphatic rings. The first-order valence-electron chi connectivity index (χ1n) is 10.8. The molecule has 0 spiro atoms. The molecule has 1 unspecified atom stereocenters. The van der Waals surface area contributed by atoms with Crippen molar-refractivity contribution < 1.29 is 9.47 Å². The van der Waals surface area contributed by atoms with Crippen molar-refractivity contribution in [3.05, 3.63) is 58.9 Å². The Labute approximate surface area is 203 Å². The van der Waals surface area contributed by atoms with Crippen LogP contribution < -0.4 is 10.1 Å². The highest BCUT2D eigenvalue weighted by atomic mass is 127. The van der Waals surface area contributed by atoms with Crippen molar-refractivity contribution in [2.75, 3.05) is 33.4 Å². The average Bonchev–Trinajstić information content (AvgIpc) is 3.22. The number of rotatable bonds is 8. The third kappa shape index (κ3) is 7.07. The zero-order chi connectivity index (χ0) is 21.3. The maximum Gasteiger partial charge on any atom is 0.194 e. The normalized spacial score (nSPS) is 16.2. The molecule has 1 aliphatic heterocycles. The third-order valence-corrected chi connectivity index (χ3v) is 5.51. The van der Waals surface area contributed by atoms with Gasteiger partial charge in [0, 0.05) is 42.9 Å². The van der Waals surface area contributed by atoms with Gasteiger partial charge in [0.05, 0.1) is 32.6 Å². The van der Waals surface area contributed by atoms with Crippen molar-refractivity contribution in [2.24, 2.45) is 10.9 Å². The Morgan fingerprint density at radius 1 is 1.26 bits per heavy atom. The highest BCUT2D eigenvalue weighted by Gasteiger charge is 2.25. The smallest absolute Gasteiger partial charge is 0.194 e. The summed E-state index contributed by atoms with van der Waals surface area (Å²) in [5, 5.41) is 3.43. The largest absolute Gasteiger partial charge is 0.496 e. The number of likely N-dealkylation sites (tertiary alicyclic amines) is 1. The Morgan fingerprint density at radius 2 is 2.03 bits per heavy atom. The molecule has 1 fully saturated rings. The number of aliphatic imine (C=N–C) groups is 1. The van der Waals surface area contributed by atoms with E-state index in [0.717, 1.165) is 61.2 Å². The molecule has 7 heteroatoms. The summed E-state index contributed by atoms with van der Waals surface area (Å²) < 4.78 is 11.5. The molecule has 2 aromatic rings. The number of methoxy groups -OCH3 is 1. The fourth-order valence-corrected chi connectivity index (χ4v) is 3.88. The summed E-state index contributed by atoms with van der Waals surface area (Å²) in [6.45, 7) is 11.0. The summed E-state index contributed by atoms with van der Waals surface area (Å²) in [6, 6.07) is 10.3. The Kier molecular flexibility index (Phi) is 10.5. The van der Waals surface area contributed by atoms with E-state index in [0.29, 0.717) is 19.1 Å². The second-order valence-corrected chi connectivity index (χ2v) is 7.82. The van der Waals surface area contributed by atoms with E-state index in [1.807, 2.05) is 26.1 Å². The van der Waals surface area contributed by atoms with Gasteiger partial charge < -0.3 is 19.7 Å². The van der Waals surface area contributed by atoms with Crippen LogP contribution in [-0.2, 0) is 17.9 Å². The van der Waals surface area contributed by atoms with Crippen LogP contribution >= 0.6 is 24.0 Å². The molecule has 31 heavy (non-hydrogen) atoms. The molecule has 0 radical (unpaired) electrons. The molecule has 6 nitrogen and oxygen atoms in total. The lowest BCUT2D eigenvalue weighted by Crippen LogP contribution is -2.40. The first-order chi connectivity index (χ1) is 14.6. The molecule has 1 N–H and O–H groups in total. The minimum absolute atomic E-state index is 0. The van der Waals surface area contributed by atoms with Crippen LogP contribution in [0.25, 0.3) is 0 Å². The number of ether oxygens (including phenoxy) is 2. The molecule has 1 aromatic carbocycles. The first kappa shape index (κ1) is 25.4. The van der Waals surface area contributed by atoms with Crippen molar-refractivity contribution in [3.63, 3.8) is 0 Å². The number of hydrogen-bond donors (Lipinski definition) is 1. The minimum Gasteiger partial charge on any atom is -0.496 e. The predicted octanol–water partition coefficient (Wildman–Crippen LogP) is 4.33. The van der Waals surface area contributed by atoms with E-state index in [9.17, 15) is 0 Å². The second-order valence-electron chi connectivity index (χ2n) is 7.82. The van der Waals surface area contributed by atoms with Crippen LogP contribution in [0.2, 0.25) is 0 Å². The van der Waals surface area contributed by atoms with Gasteiger partial charge in [-0.25, -0.2) is 4.99 Å². The van der Waals surface area contributed by atoms with Gasteiger partial charge in [0.2, 0.25) is 0 Å². The highest BCUT2D eigenvalue weighted by Crippen LogP contribution is 2.24. The Hall–Kier alpha value is -1.87. The van der Waals surface area contributed by atoms with Crippen LogP contribution in [0.4, 0.5) is 0 Å². The van der Waals surface area contributed by atoms with Crippen molar-refractivity contribution in [1.29, 1.82) is 0 Å². The Balaban J connectivity index is 0.00000341. The number of aromatic nitrogens is 1. The van der Waals surface area contributed by atoms with E-state index >= 15 is 0 Å². The number of aryl methyl sites for hydroxylation is 1. The molecular formula is C24H35IN4O2. The van der Waals surface area contributed by atoms with Gasteiger partial charge in [-0.3, -0.25) is 4.98 Å². The standard InChI is InChI=1S/C24H34N4O2.HI/c1-5-25-24(27-14-22-19(3)23(29-4)18(2)13-26-22)28-12-11-21(15-28)17-30-16-20-9-7-6-8-10-20;/h6-10,13,21H,5,11-12,14-17H2,1-4H3,(H,25,27);1H. The summed E-state index contributed by atoms with van der Waals surface area (Å²) >= 11 is 0. The number of benzene rings is 1.